The first-order chi connectivity index (χ1) is 16.3. The molecule has 0 aromatic carbocycles. The van der Waals surface area contributed by atoms with E-state index < -0.39 is 0 Å². The predicted octanol–water partition coefficient (Wildman–Crippen LogP) is 6.19. The van der Waals surface area contributed by atoms with Crippen molar-refractivity contribution < 1.29 is 0 Å². The van der Waals surface area contributed by atoms with Crippen molar-refractivity contribution in [3.8, 4) is 0 Å². The van der Waals surface area contributed by atoms with E-state index in [0.717, 1.165) is 83.9 Å². The summed E-state index contributed by atoms with van der Waals surface area (Å²) in [5, 5.41) is 32.1. The van der Waals surface area contributed by atoms with E-state index in [2.05, 4.69) is 67.0 Å². The molecule has 4 aliphatic rings. The third-order valence-electron chi connectivity index (χ3n) is 4.21. The lowest BCUT2D eigenvalue weighted by atomic mass is 10.6. The van der Waals surface area contributed by atoms with E-state index >= 15 is 0 Å². The van der Waals surface area contributed by atoms with Crippen LogP contribution in [0.4, 0.5) is 0 Å². The van der Waals surface area contributed by atoms with Crippen LogP contribution in [0.5, 0.6) is 0 Å². The molecule has 6 nitrogen and oxygen atoms in total. The molecule has 4 aliphatic heterocycles. The van der Waals surface area contributed by atoms with Crippen LogP contribution < -0.4 is 0 Å². The summed E-state index contributed by atoms with van der Waals surface area (Å²) in [5.74, 6) is 6.13. The second-order valence-electron chi connectivity index (χ2n) is 6.78. The van der Waals surface area contributed by atoms with Gasteiger partial charge in [0.05, 0.1) is 0 Å². The molecule has 7 rings (SSSR count). The maximum absolute atomic E-state index is 4.36. The minimum atomic E-state index is 0.985. The van der Waals surface area contributed by atoms with Crippen molar-refractivity contribution in [1.29, 1.82) is 0 Å². The molecule has 0 radical (unpaired) electrons. The van der Waals surface area contributed by atoms with Crippen molar-refractivity contribution in [1.82, 2.24) is 30.6 Å². The fraction of sp³-hybridized carbons (Fsp3) is 0.429. The van der Waals surface area contributed by atoms with E-state index in [1.54, 1.807) is 70.6 Å². The summed E-state index contributed by atoms with van der Waals surface area (Å²) in [7, 11) is 0. The Morgan fingerprint density at radius 1 is 0.333 bits per heavy atom. The van der Waals surface area contributed by atoms with Crippen molar-refractivity contribution in [2.75, 3.05) is 34.5 Å². The van der Waals surface area contributed by atoms with Crippen molar-refractivity contribution >= 4 is 70.6 Å². The van der Waals surface area contributed by atoms with Gasteiger partial charge in [0.25, 0.3) is 0 Å². The minimum Gasteiger partial charge on any atom is -0.143 e. The van der Waals surface area contributed by atoms with E-state index in [1.807, 2.05) is 0 Å². The summed E-state index contributed by atoms with van der Waals surface area (Å²) >= 11 is 10.5. The molecule has 0 saturated carbocycles. The van der Waals surface area contributed by atoms with Crippen LogP contribution in [0.3, 0.4) is 0 Å². The fourth-order valence-electron chi connectivity index (χ4n) is 2.62. The molecular formula is C21H24N6S6. The Morgan fingerprint density at radius 2 is 0.515 bits per heavy atom. The second-order valence-corrected chi connectivity index (χ2v) is 13.5. The zero-order valence-electron chi connectivity index (χ0n) is 18.0. The molecule has 0 saturated heterocycles. The second kappa shape index (κ2) is 14.7. The van der Waals surface area contributed by atoms with Gasteiger partial charge in [-0.3, -0.25) is 0 Å². The zero-order valence-corrected chi connectivity index (χ0v) is 22.9. The van der Waals surface area contributed by atoms with Gasteiger partial charge in [0, 0.05) is 34.5 Å². The summed E-state index contributed by atoms with van der Waals surface area (Å²) in [5.41, 5.74) is 0. The first kappa shape index (κ1) is 25.4. The molecule has 33 heavy (non-hydrogen) atoms. The number of rotatable bonds is 0. The first-order valence-electron chi connectivity index (χ1n) is 10.6. The Morgan fingerprint density at radius 3 is 0.667 bits per heavy atom. The van der Waals surface area contributed by atoms with E-state index in [1.165, 1.54) is 0 Å². The molecule has 0 atom stereocenters. The van der Waals surface area contributed by atoms with Gasteiger partial charge in [-0.15, -0.1) is 101 Å². The standard InChI is InChI=1S/C21H24N6S6/c1-10-28-16-4-6-18(24-22-16)30-12-2-14-32-20-8-9-21(27-26-20)33-15-3-13-31-19-7-5-17(23-25-19)29-11-1/h4-9H,1-3,10-15H2. The first-order valence-corrected chi connectivity index (χ1v) is 16.5. The number of aromatic nitrogens is 6. The van der Waals surface area contributed by atoms with Crippen molar-refractivity contribution in [2.45, 2.75) is 49.4 Å². The van der Waals surface area contributed by atoms with Crippen LogP contribution in [0.15, 0.2) is 66.6 Å². The Kier molecular flexibility index (Phi) is 11.3. The number of nitrogens with zero attached hydrogens (tertiary/aromatic N) is 6. The Bertz CT molecular complexity index is 756. The fourth-order valence-corrected chi connectivity index (χ4v) is 7.73. The van der Waals surface area contributed by atoms with Crippen molar-refractivity contribution in [3.05, 3.63) is 36.4 Å². The van der Waals surface area contributed by atoms with Gasteiger partial charge in [-0.25, -0.2) is 0 Å². The van der Waals surface area contributed by atoms with E-state index in [0.29, 0.717) is 0 Å². The van der Waals surface area contributed by atoms with Gasteiger partial charge in [-0.2, -0.15) is 0 Å². The molecule has 3 aromatic heterocycles. The van der Waals surface area contributed by atoms with Crippen LogP contribution >= 0.6 is 70.6 Å². The Labute approximate surface area is 220 Å². The minimum absolute atomic E-state index is 0.985. The van der Waals surface area contributed by atoms with Gasteiger partial charge in [0.15, 0.2) is 0 Å². The zero-order chi connectivity index (χ0) is 22.6. The van der Waals surface area contributed by atoms with E-state index in [4.69, 9.17) is 0 Å². The lowest BCUT2D eigenvalue weighted by Crippen LogP contribution is -1.92. The smallest absolute Gasteiger partial charge is 0.119 e. The van der Waals surface area contributed by atoms with Crippen LogP contribution in [0.25, 0.3) is 0 Å². The summed E-state index contributed by atoms with van der Waals surface area (Å²) < 4.78 is 0. The third kappa shape index (κ3) is 9.48. The Balaban J connectivity index is 1.31. The number of fused-ring (bicyclic) bond motifs is 2. The molecule has 12 heteroatoms. The number of hydrogen-bond donors (Lipinski definition) is 0. The van der Waals surface area contributed by atoms with Crippen molar-refractivity contribution in [2.24, 2.45) is 0 Å². The van der Waals surface area contributed by atoms with Gasteiger partial charge < -0.3 is 0 Å². The highest BCUT2D eigenvalue weighted by Gasteiger charge is 2.05. The van der Waals surface area contributed by atoms with Crippen LogP contribution in [0.1, 0.15) is 19.3 Å². The van der Waals surface area contributed by atoms with Gasteiger partial charge in [0.1, 0.15) is 30.2 Å². The molecule has 6 bridgehead atoms. The van der Waals surface area contributed by atoms with Gasteiger partial charge in [0.2, 0.25) is 0 Å². The highest BCUT2D eigenvalue weighted by Crippen LogP contribution is 2.25. The van der Waals surface area contributed by atoms with Crippen LogP contribution in [0.2, 0.25) is 0 Å². The van der Waals surface area contributed by atoms with E-state index in [-0.39, 0.29) is 0 Å². The molecular weight excluding hydrogens is 529 g/mol. The summed E-state index contributed by atoms with van der Waals surface area (Å²) in [6, 6.07) is 12.4. The lowest BCUT2D eigenvalue weighted by molar-refractivity contribution is 0.851. The van der Waals surface area contributed by atoms with Gasteiger partial charge in [-0.05, 0) is 55.7 Å². The molecule has 174 valence electrons. The summed E-state index contributed by atoms with van der Waals surface area (Å²) in [4.78, 5) is 0. The maximum Gasteiger partial charge on any atom is 0.119 e. The highest BCUT2D eigenvalue weighted by atomic mass is 32.2. The van der Waals surface area contributed by atoms with Crippen molar-refractivity contribution in [3.63, 3.8) is 0 Å². The molecule has 0 unspecified atom stereocenters. The van der Waals surface area contributed by atoms with E-state index in [9.17, 15) is 0 Å². The van der Waals surface area contributed by atoms with Crippen LogP contribution in [-0.4, -0.2) is 65.1 Å². The molecule has 7 heterocycles. The monoisotopic (exact) mass is 552 g/mol. The summed E-state index contributed by atoms with van der Waals surface area (Å²) in [6.45, 7) is 0. The molecule has 0 spiro atoms. The number of thioether (sulfide) groups is 6. The van der Waals surface area contributed by atoms with Gasteiger partial charge in [-0.1, -0.05) is 0 Å². The quantitative estimate of drug-likeness (QED) is 0.319. The average Bonchev–Trinajstić information content (AvgIpc) is 2.85. The Hall–Kier alpha value is -0.660. The van der Waals surface area contributed by atoms with Crippen LogP contribution in [0, 0.1) is 0 Å². The SMILES string of the molecule is c1cc2nnc1SCCCSc1ccc(nn1)SCCCSc1ccc(nn1)SCCCS2. The molecule has 0 fully saturated rings. The van der Waals surface area contributed by atoms with Crippen LogP contribution in [-0.2, 0) is 0 Å². The molecule has 0 amide bonds. The largest absolute Gasteiger partial charge is 0.143 e. The highest BCUT2D eigenvalue weighted by molar-refractivity contribution is 8.01. The average molecular weight is 553 g/mol. The third-order valence-corrected chi connectivity index (χ3v) is 10.3. The predicted molar refractivity (Wildman–Crippen MR) is 144 cm³/mol. The topological polar surface area (TPSA) is 77.3 Å². The molecule has 3 aromatic rings. The number of hydrogen-bond acceptors (Lipinski definition) is 12. The maximum atomic E-state index is 4.36. The van der Waals surface area contributed by atoms with Gasteiger partial charge >= 0.3 is 0 Å². The lowest BCUT2D eigenvalue weighted by Gasteiger charge is -2.03. The summed E-state index contributed by atoms with van der Waals surface area (Å²) in [6.07, 6.45) is 3.27. The normalized spacial score (nSPS) is 17.1. The molecule has 0 N–H and O–H groups in total. The molecule has 0 aliphatic carbocycles.